The van der Waals surface area contributed by atoms with Crippen molar-refractivity contribution in [3.63, 3.8) is 0 Å². The molecule has 0 atom stereocenters. The number of amides is 1. The number of sulfone groups is 1. The molecule has 1 amide bonds. The van der Waals surface area contributed by atoms with E-state index >= 15 is 0 Å². The van der Waals surface area contributed by atoms with Crippen molar-refractivity contribution in [2.45, 2.75) is 18.2 Å². The van der Waals surface area contributed by atoms with E-state index in [1.165, 1.54) is 12.1 Å². The van der Waals surface area contributed by atoms with Gasteiger partial charge in [0.25, 0.3) is 5.91 Å². The van der Waals surface area contributed by atoms with E-state index in [2.05, 4.69) is 17.6 Å². The zero-order chi connectivity index (χ0) is 14.3. The lowest BCUT2D eigenvalue weighted by Crippen LogP contribution is -2.32. The van der Waals surface area contributed by atoms with Crippen LogP contribution in [-0.2, 0) is 9.84 Å². The number of hydrogen-bond donors (Lipinski definition) is 2. The molecule has 0 aliphatic rings. The smallest absolute Gasteiger partial charge is 0.252 e. The number of carbonyl (C=O) groups excluding carboxylic acids is 1. The maximum Gasteiger partial charge on any atom is 0.252 e. The lowest BCUT2D eigenvalue weighted by molar-refractivity contribution is 0.0950. The molecule has 0 saturated carbocycles. The van der Waals surface area contributed by atoms with Crippen LogP contribution in [0, 0.1) is 0 Å². The Hall–Kier alpha value is -1.11. The average molecular weight is 321 g/mol. The fraction of sp³-hybridized carbons (Fsp3) is 0.462. The van der Waals surface area contributed by atoms with Gasteiger partial charge in [-0.1, -0.05) is 19.1 Å². The van der Waals surface area contributed by atoms with Crippen molar-refractivity contribution in [2.75, 3.05) is 25.9 Å². The molecule has 7 heteroatoms. The predicted octanol–water partition coefficient (Wildman–Crippen LogP) is 1.24. The SMILES string of the molecule is CCCNCCNC(=O)c1ccccc1S(C)(=O)=O.Cl. The molecular formula is C13H21ClN2O3S. The van der Waals surface area contributed by atoms with Gasteiger partial charge < -0.3 is 10.6 Å². The summed E-state index contributed by atoms with van der Waals surface area (Å²) < 4.78 is 23.2. The molecule has 0 bridgehead atoms. The van der Waals surface area contributed by atoms with Crippen LogP contribution in [-0.4, -0.2) is 40.2 Å². The summed E-state index contributed by atoms with van der Waals surface area (Å²) in [6.45, 7) is 4.10. The van der Waals surface area contributed by atoms with Crippen LogP contribution in [0.25, 0.3) is 0 Å². The van der Waals surface area contributed by atoms with E-state index in [4.69, 9.17) is 0 Å². The fourth-order valence-electron chi connectivity index (χ4n) is 1.64. The summed E-state index contributed by atoms with van der Waals surface area (Å²) >= 11 is 0. The van der Waals surface area contributed by atoms with Gasteiger partial charge in [0.1, 0.15) is 0 Å². The van der Waals surface area contributed by atoms with Crippen LogP contribution in [0.4, 0.5) is 0 Å². The Bertz CT molecular complexity index is 532. The first kappa shape index (κ1) is 18.9. The zero-order valence-electron chi connectivity index (χ0n) is 11.7. The highest BCUT2D eigenvalue weighted by molar-refractivity contribution is 7.90. The van der Waals surface area contributed by atoms with Crippen LogP contribution in [0.2, 0.25) is 0 Å². The molecule has 0 aliphatic heterocycles. The van der Waals surface area contributed by atoms with Crippen molar-refractivity contribution in [1.82, 2.24) is 10.6 Å². The molecule has 1 rings (SSSR count). The number of rotatable bonds is 7. The fourth-order valence-corrected chi connectivity index (χ4v) is 2.52. The molecule has 0 heterocycles. The molecule has 0 aromatic heterocycles. The highest BCUT2D eigenvalue weighted by Crippen LogP contribution is 2.14. The predicted molar refractivity (Wildman–Crippen MR) is 82.3 cm³/mol. The zero-order valence-corrected chi connectivity index (χ0v) is 13.3. The average Bonchev–Trinajstić information content (AvgIpc) is 2.37. The second kappa shape index (κ2) is 8.94. The van der Waals surface area contributed by atoms with Crippen LogP contribution in [0.1, 0.15) is 23.7 Å². The number of nitrogens with one attached hydrogen (secondary N) is 2. The van der Waals surface area contributed by atoms with Crippen LogP contribution in [0.5, 0.6) is 0 Å². The Labute approximate surface area is 126 Å². The molecule has 0 saturated heterocycles. The highest BCUT2D eigenvalue weighted by Gasteiger charge is 2.17. The summed E-state index contributed by atoms with van der Waals surface area (Å²) in [5.41, 5.74) is 0.195. The van der Waals surface area contributed by atoms with E-state index in [1.54, 1.807) is 12.1 Å². The van der Waals surface area contributed by atoms with Crippen molar-refractivity contribution >= 4 is 28.2 Å². The Morgan fingerprint density at radius 3 is 2.40 bits per heavy atom. The molecule has 5 nitrogen and oxygen atoms in total. The second-order valence-corrected chi connectivity index (χ2v) is 6.26. The van der Waals surface area contributed by atoms with E-state index in [0.717, 1.165) is 19.2 Å². The molecule has 20 heavy (non-hydrogen) atoms. The van der Waals surface area contributed by atoms with Gasteiger partial charge in [-0.25, -0.2) is 8.42 Å². The number of halogens is 1. The first-order valence-corrected chi connectivity index (χ1v) is 8.14. The summed E-state index contributed by atoms with van der Waals surface area (Å²) in [6.07, 6.45) is 2.13. The lowest BCUT2D eigenvalue weighted by Gasteiger charge is -2.09. The van der Waals surface area contributed by atoms with E-state index in [9.17, 15) is 13.2 Å². The number of hydrogen-bond acceptors (Lipinski definition) is 4. The molecule has 0 aliphatic carbocycles. The van der Waals surface area contributed by atoms with Gasteiger partial charge in [-0.05, 0) is 25.1 Å². The second-order valence-electron chi connectivity index (χ2n) is 4.27. The molecule has 1 aromatic rings. The van der Waals surface area contributed by atoms with Gasteiger partial charge in [-0.3, -0.25) is 4.79 Å². The third-order valence-corrected chi connectivity index (χ3v) is 3.70. The van der Waals surface area contributed by atoms with E-state index in [1.807, 2.05) is 0 Å². The molecule has 114 valence electrons. The molecule has 0 spiro atoms. The van der Waals surface area contributed by atoms with Crippen molar-refractivity contribution in [3.05, 3.63) is 29.8 Å². The minimum absolute atomic E-state index is 0. The normalized spacial score (nSPS) is 10.7. The van der Waals surface area contributed by atoms with Gasteiger partial charge >= 0.3 is 0 Å². The minimum atomic E-state index is -3.39. The molecule has 0 fully saturated rings. The molecular weight excluding hydrogens is 300 g/mol. The van der Waals surface area contributed by atoms with Crippen molar-refractivity contribution in [2.24, 2.45) is 0 Å². The van der Waals surface area contributed by atoms with Gasteiger partial charge in [0.2, 0.25) is 0 Å². The van der Waals surface area contributed by atoms with Gasteiger partial charge in [-0.2, -0.15) is 0 Å². The van der Waals surface area contributed by atoms with Crippen molar-refractivity contribution < 1.29 is 13.2 Å². The van der Waals surface area contributed by atoms with Crippen molar-refractivity contribution in [3.8, 4) is 0 Å². The van der Waals surface area contributed by atoms with Crippen LogP contribution < -0.4 is 10.6 Å². The molecule has 0 radical (unpaired) electrons. The third-order valence-electron chi connectivity index (χ3n) is 2.55. The summed E-state index contributed by atoms with van der Waals surface area (Å²) in [5, 5.41) is 5.86. The first-order valence-electron chi connectivity index (χ1n) is 6.24. The minimum Gasteiger partial charge on any atom is -0.351 e. The molecule has 1 aromatic carbocycles. The van der Waals surface area contributed by atoms with E-state index < -0.39 is 9.84 Å². The van der Waals surface area contributed by atoms with Gasteiger partial charge in [0, 0.05) is 19.3 Å². The summed E-state index contributed by atoms with van der Waals surface area (Å²) in [4.78, 5) is 12.0. The van der Waals surface area contributed by atoms with Gasteiger partial charge in [0.05, 0.1) is 10.5 Å². The maximum atomic E-state index is 11.9. The van der Waals surface area contributed by atoms with Crippen LogP contribution >= 0.6 is 12.4 Å². The van der Waals surface area contributed by atoms with E-state index in [0.29, 0.717) is 13.1 Å². The summed E-state index contributed by atoms with van der Waals surface area (Å²) in [7, 11) is -3.39. The van der Waals surface area contributed by atoms with Gasteiger partial charge in [0.15, 0.2) is 9.84 Å². The number of carbonyl (C=O) groups is 1. The Balaban J connectivity index is 0.00000361. The topological polar surface area (TPSA) is 75.3 Å². The first-order chi connectivity index (χ1) is 8.96. The molecule has 0 unspecified atom stereocenters. The Morgan fingerprint density at radius 2 is 1.80 bits per heavy atom. The van der Waals surface area contributed by atoms with E-state index in [-0.39, 0.29) is 28.8 Å². The summed E-state index contributed by atoms with van der Waals surface area (Å²) in [6, 6.07) is 6.22. The Morgan fingerprint density at radius 1 is 1.15 bits per heavy atom. The van der Waals surface area contributed by atoms with Crippen molar-refractivity contribution in [1.29, 1.82) is 0 Å². The largest absolute Gasteiger partial charge is 0.351 e. The maximum absolute atomic E-state index is 11.9. The monoisotopic (exact) mass is 320 g/mol. The number of benzene rings is 1. The van der Waals surface area contributed by atoms with Crippen LogP contribution in [0.3, 0.4) is 0 Å². The third kappa shape index (κ3) is 5.90. The highest BCUT2D eigenvalue weighted by atomic mass is 35.5. The Kier molecular flexibility index (Phi) is 8.45. The molecule has 2 N–H and O–H groups in total. The lowest BCUT2D eigenvalue weighted by atomic mass is 10.2. The van der Waals surface area contributed by atoms with Gasteiger partial charge in [-0.15, -0.1) is 12.4 Å². The quantitative estimate of drug-likeness (QED) is 0.741. The summed E-state index contributed by atoms with van der Waals surface area (Å²) in [5.74, 6) is -0.362. The van der Waals surface area contributed by atoms with Crippen LogP contribution in [0.15, 0.2) is 29.2 Å². The standard InChI is InChI=1S/C13H20N2O3S.ClH/c1-3-8-14-9-10-15-13(16)11-6-4-5-7-12(11)19(2,17)18;/h4-7,14H,3,8-10H2,1-2H3,(H,15,16);1H.